The minimum atomic E-state index is 0.603. The van der Waals surface area contributed by atoms with Gasteiger partial charge in [0.15, 0.2) is 0 Å². The maximum atomic E-state index is 2.34. The average Bonchev–Trinajstić information content (AvgIpc) is 2.55. The lowest BCUT2D eigenvalue weighted by atomic mass is 9.86. The molecule has 0 aliphatic heterocycles. The van der Waals surface area contributed by atoms with Crippen molar-refractivity contribution in [2.45, 2.75) is 58.3 Å². The second kappa shape index (κ2) is 7.45. The van der Waals surface area contributed by atoms with Gasteiger partial charge in [0.25, 0.3) is 0 Å². The van der Waals surface area contributed by atoms with Gasteiger partial charge in [-0.1, -0.05) is 82.3 Å². The molecule has 0 aromatic heterocycles. The first-order chi connectivity index (χ1) is 10.1. The van der Waals surface area contributed by atoms with Crippen LogP contribution in [0.25, 0.3) is 0 Å². The highest BCUT2D eigenvalue weighted by molar-refractivity contribution is 5.28. The van der Waals surface area contributed by atoms with E-state index in [1.54, 1.807) is 0 Å². The molecule has 0 nitrogen and oxygen atoms in total. The highest BCUT2D eigenvalue weighted by Gasteiger charge is 2.13. The van der Waals surface area contributed by atoms with E-state index >= 15 is 0 Å². The minimum absolute atomic E-state index is 0.603. The van der Waals surface area contributed by atoms with Crippen LogP contribution in [0.4, 0.5) is 0 Å². The van der Waals surface area contributed by atoms with E-state index in [1.165, 1.54) is 29.5 Å². The van der Waals surface area contributed by atoms with Gasteiger partial charge in [-0.05, 0) is 47.3 Å². The average molecular weight is 280 g/mol. The summed E-state index contributed by atoms with van der Waals surface area (Å²) in [4.78, 5) is 0. The van der Waals surface area contributed by atoms with E-state index < -0.39 is 0 Å². The molecule has 0 bridgehead atoms. The second-order valence-corrected chi connectivity index (χ2v) is 6.42. The molecule has 0 aliphatic rings. The van der Waals surface area contributed by atoms with Crippen LogP contribution < -0.4 is 0 Å². The molecular weight excluding hydrogens is 252 g/mol. The highest BCUT2D eigenvalue weighted by atomic mass is 14.2. The minimum Gasteiger partial charge on any atom is -0.0648 e. The Balaban J connectivity index is 2.01. The quantitative estimate of drug-likeness (QED) is 0.566. The normalized spacial score (nSPS) is 15.4. The number of benzene rings is 2. The van der Waals surface area contributed by atoms with Crippen molar-refractivity contribution in [3.63, 3.8) is 0 Å². The summed E-state index contributed by atoms with van der Waals surface area (Å²) in [5.74, 6) is 1.87. The molecule has 0 heterocycles. The summed E-state index contributed by atoms with van der Waals surface area (Å²) in [6, 6.07) is 20.1. The maximum absolute atomic E-state index is 2.34. The smallest absolute Gasteiger partial charge is 0.0185 e. The molecular formula is C21H28. The lowest BCUT2D eigenvalue weighted by molar-refractivity contribution is 0.592. The van der Waals surface area contributed by atoms with E-state index in [9.17, 15) is 0 Å². The molecule has 0 spiro atoms. The SMILES string of the molecule is CCC(C)c1ccc(C(C)CC(C)c2ccccc2)cc1. The molecule has 2 rings (SSSR count). The molecule has 0 N–H and O–H groups in total. The van der Waals surface area contributed by atoms with Gasteiger partial charge in [-0.3, -0.25) is 0 Å². The van der Waals surface area contributed by atoms with Gasteiger partial charge in [-0.15, -0.1) is 0 Å². The fourth-order valence-corrected chi connectivity index (χ4v) is 2.97. The predicted octanol–water partition coefficient (Wildman–Crippen LogP) is 6.50. The Kier molecular flexibility index (Phi) is 5.61. The summed E-state index contributed by atoms with van der Waals surface area (Å²) < 4.78 is 0. The van der Waals surface area contributed by atoms with Gasteiger partial charge in [-0.2, -0.15) is 0 Å². The van der Waals surface area contributed by atoms with Crippen LogP contribution in [0.1, 0.15) is 75.0 Å². The zero-order valence-corrected chi connectivity index (χ0v) is 13.8. The topological polar surface area (TPSA) is 0 Å². The van der Waals surface area contributed by atoms with Crippen molar-refractivity contribution in [1.82, 2.24) is 0 Å². The molecule has 0 saturated heterocycles. The molecule has 0 aliphatic carbocycles. The molecule has 21 heavy (non-hydrogen) atoms. The Morgan fingerprint density at radius 2 is 1.05 bits per heavy atom. The van der Waals surface area contributed by atoms with Gasteiger partial charge >= 0.3 is 0 Å². The van der Waals surface area contributed by atoms with Gasteiger partial charge < -0.3 is 0 Å². The summed E-state index contributed by atoms with van der Waals surface area (Å²) in [7, 11) is 0. The zero-order valence-electron chi connectivity index (χ0n) is 13.8. The monoisotopic (exact) mass is 280 g/mol. The molecule has 0 radical (unpaired) electrons. The Bertz CT molecular complexity index is 524. The van der Waals surface area contributed by atoms with Crippen LogP contribution in [0.5, 0.6) is 0 Å². The van der Waals surface area contributed by atoms with Crippen LogP contribution in [0, 0.1) is 0 Å². The Hall–Kier alpha value is -1.56. The van der Waals surface area contributed by atoms with Crippen LogP contribution in [0.3, 0.4) is 0 Å². The van der Waals surface area contributed by atoms with Gasteiger partial charge in [0.05, 0.1) is 0 Å². The predicted molar refractivity (Wildman–Crippen MR) is 93.0 cm³/mol. The molecule has 112 valence electrons. The zero-order chi connectivity index (χ0) is 15.2. The third-order valence-electron chi connectivity index (χ3n) is 4.76. The standard InChI is InChI=1S/C21H28/c1-5-16(2)20-11-13-21(14-12-20)18(4)15-17(3)19-9-7-6-8-10-19/h6-14,16-18H,5,15H2,1-4H3. The summed E-state index contributed by atoms with van der Waals surface area (Å²) in [5.41, 5.74) is 4.37. The number of hydrogen-bond donors (Lipinski definition) is 0. The number of rotatable bonds is 6. The summed E-state index contributed by atoms with van der Waals surface area (Å²) in [6.45, 7) is 9.23. The van der Waals surface area contributed by atoms with Crippen LogP contribution in [0.15, 0.2) is 54.6 Å². The van der Waals surface area contributed by atoms with Crippen molar-refractivity contribution in [2.24, 2.45) is 0 Å². The van der Waals surface area contributed by atoms with E-state index in [0.717, 1.165) is 0 Å². The van der Waals surface area contributed by atoms with Crippen LogP contribution in [-0.2, 0) is 0 Å². The van der Waals surface area contributed by atoms with E-state index in [4.69, 9.17) is 0 Å². The van der Waals surface area contributed by atoms with Crippen LogP contribution in [0.2, 0.25) is 0 Å². The second-order valence-electron chi connectivity index (χ2n) is 6.42. The van der Waals surface area contributed by atoms with Crippen molar-refractivity contribution < 1.29 is 0 Å². The lowest BCUT2D eigenvalue weighted by Crippen LogP contribution is -2.01. The van der Waals surface area contributed by atoms with E-state index in [-0.39, 0.29) is 0 Å². The molecule has 3 unspecified atom stereocenters. The molecule has 0 saturated carbocycles. The fraction of sp³-hybridized carbons (Fsp3) is 0.429. The molecule has 0 fully saturated rings. The summed E-state index contributed by atoms with van der Waals surface area (Å²) >= 11 is 0. The van der Waals surface area contributed by atoms with E-state index in [0.29, 0.717) is 17.8 Å². The molecule has 3 atom stereocenters. The lowest BCUT2D eigenvalue weighted by Gasteiger charge is -2.19. The third-order valence-corrected chi connectivity index (χ3v) is 4.76. The first-order valence-electron chi connectivity index (χ1n) is 8.26. The van der Waals surface area contributed by atoms with Crippen LogP contribution >= 0.6 is 0 Å². The first-order valence-corrected chi connectivity index (χ1v) is 8.26. The molecule has 2 aromatic rings. The van der Waals surface area contributed by atoms with Crippen molar-refractivity contribution >= 4 is 0 Å². The maximum Gasteiger partial charge on any atom is -0.0185 e. The summed E-state index contributed by atoms with van der Waals surface area (Å²) in [5, 5.41) is 0. The van der Waals surface area contributed by atoms with Gasteiger partial charge in [0.1, 0.15) is 0 Å². The third kappa shape index (κ3) is 4.20. The fourth-order valence-electron chi connectivity index (χ4n) is 2.97. The van der Waals surface area contributed by atoms with Crippen molar-refractivity contribution in [3.8, 4) is 0 Å². The van der Waals surface area contributed by atoms with Crippen LogP contribution in [-0.4, -0.2) is 0 Å². The highest BCUT2D eigenvalue weighted by Crippen LogP contribution is 2.30. The molecule has 2 aromatic carbocycles. The molecule has 0 heteroatoms. The van der Waals surface area contributed by atoms with Gasteiger partial charge in [0, 0.05) is 0 Å². The largest absolute Gasteiger partial charge is 0.0648 e. The molecule has 0 amide bonds. The van der Waals surface area contributed by atoms with E-state index in [2.05, 4.69) is 82.3 Å². The Morgan fingerprint density at radius 1 is 0.619 bits per heavy atom. The van der Waals surface area contributed by atoms with Crippen molar-refractivity contribution in [3.05, 3.63) is 71.3 Å². The van der Waals surface area contributed by atoms with Crippen molar-refractivity contribution in [1.29, 1.82) is 0 Å². The Morgan fingerprint density at radius 3 is 1.52 bits per heavy atom. The van der Waals surface area contributed by atoms with Crippen molar-refractivity contribution in [2.75, 3.05) is 0 Å². The Labute approximate surface area is 130 Å². The van der Waals surface area contributed by atoms with Gasteiger partial charge in [0.2, 0.25) is 0 Å². The van der Waals surface area contributed by atoms with Gasteiger partial charge in [-0.25, -0.2) is 0 Å². The first kappa shape index (κ1) is 15.8. The summed E-state index contributed by atoms with van der Waals surface area (Å²) in [6.07, 6.45) is 2.41. The number of hydrogen-bond acceptors (Lipinski definition) is 0. The van der Waals surface area contributed by atoms with E-state index in [1.807, 2.05) is 0 Å².